The van der Waals surface area contributed by atoms with Crippen molar-refractivity contribution in [3.05, 3.63) is 66.1 Å². The standard InChI is InChI=1S/C40H52N6O7/c1-24(2)34(43-39(50)52-5)37(48)45-21-7-9-31(45)33(47)20-13-26-11-14-27(15-12-26)28-16-18-29(19-17-28)30-23-41-36(42-30)32-10-8-22-46(32)38(49)35(25(3)4)44-40(51)53-6/h11-12,14-19,23-25,31-32,34-35H,7-10,13,20-22H2,1-6H3,(H,41,42)(H,43,50)(H,44,51)/t31-,32-,34-,35-/m0/s1. The lowest BCUT2D eigenvalue weighted by molar-refractivity contribution is -0.140. The van der Waals surface area contributed by atoms with E-state index in [-0.39, 0.29) is 35.5 Å². The van der Waals surface area contributed by atoms with Crippen LogP contribution in [0.2, 0.25) is 0 Å². The maximum atomic E-state index is 13.5. The number of Topliss-reactive ketones (excluding diaryl/α,β-unsaturated/α-hetero) is 1. The van der Waals surface area contributed by atoms with Crippen molar-refractivity contribution in [1.82, 2.24) is 30.4 Å². The molecule has 13 nitrogen and oxygen atoms in total. The van der Waals surface area contributed by atoms with E-state index in [1.165, 1.54) is 14.2 Å². The molecule has 0 spiro atoms. The van der Waals surface area contributed by atoms with Gasteiger partial charge in [0.2, 0.25) is 11.8 Å². The highest BCUT2D eigenvalue weighted by Gasteiger charge is 2.39. The van der Waals surface area contributed by atoms with Crippen molar-refractivity contribution in [3.8, 4) is 22.4 Å². The first-order valence-corrected chi connectivity index (χ1v) is 18.5. The van der Waals surface area contributed by atoms with Gasteiger partial charge in [-0.15, -0.1) is 0 Å². The number of imidazole rings is 1. The second-order valence-corrected chi connectivity index (χ2v) is 14.5. The number of H-pyrrole nitrogens is 1. The molecule has 3 N–H and O–H groups in total. The van der Waals surface area contributed by atoms with E-state index in [1.807, 2.05) is 64.1 Å². The van der Waals surface area contributed by atoms with Crippen LogP contribution < -0.4 is 10.6 Å². The molecule has 2 aliphatic rings. The minimum absolute atomic E-state index is 0.0283. The molecule has 3 aromatic rings. The number of likely N-dealkylation sites (tertiary alicyclic amines) is 2. The highest BCUT2D eigenvalue weighted by atomic mass is 16.5. The first-order valence-electron chi connectivity index (χ1n) is 18.5. The van der Waals surface area contributed by atoms with Crippen molar-refractivity contribution in [2.24, 2.45) is 11.8 Å². The van der Waals surface area contributed by atoms with Crippen molar-refractivity contribution < 1.29 is 33.4 Å². The number of hydrogen-bond acceptors (Lipinski definition) is 8. The van der Waals surface area contributed by atoms with Gasteiger partial charge in [-0.05, 0) is 66.2 Å². The third-order valence-electron chi connectivity index (χ3n) is 10.3. The predicted octanol–water partition coefficient (Wildman–Crippen LogP) is 5.66. The molecule has 0 radical (unpaired) electrons. The molecular formula is C40H52N6O7. The SMILES string of the molecule is COC(=O)N[C@H](C(=O)N1CCC[C@H]1C(=O)CCc1ccc(-c2ccc(-c3cnc([C@@H]4CCCN4C(=O)[C@@H](NC(=O)OC)C(C)C)[nH]3)cc2)cc1)C(C)C. The average molecular weight is 729 g/mol. The molecule has 2 saturated heterocycles. The van der Waals surface area contributed by atoms with Gasteiger partial charge in [0, 0.05) is 19.5 Å². The number of ketones is 1. The summed E-state index contributed by atoms with van der Waals surface area (Å²) in [5, 5.41) is 5.31. The van der Waals surface area contributed by atoms with Crippen LogP contribution >= 0.6 is 0 Å². The van der Waals surface area contributed by atoms with E-state index in [0.717, 1.165) is 47.2 Å². The number of nitrogens with zero attached hydrogens (tertiary/aromatic N) is 3. The van der Waals surface area contributed by atoms with Gasteiger partial charge in [-0.2, -0.15) is 0 Å². The zero-order valence-electron chi connectivity index (χ0n) is 31.5. The Kier molecular flexibility index (Phi) is 12.9. The van der Waals surface area contributed by atoms with E-state index in [2.05, 4.69) is 32.7 Å². The second-order valence-electron chi connectivity index (χ2n) is 14.5. The molecule has 0 bridgehead atoms. The summed E-state index contributed by atoms with van der Waals surface area (Å²) < 4.78 is 9.44. The third kappa shape index (κ3) is 9.24. The molecule has 2 aromatic carbocycles. The summed E-state index contributed by atoms with van der Waals surface area (Å²) in [5.74, 6) is 0.0891. The van der Waals surface area contributed by atoms with Crippen LogP contribution in [0.5, 0.6) is 0 Å². The molecule has 4 amide bonds. The van der Waals surface area contributed by atoms with Crippen molar-refractivity contribution >= 4 is 29.8 Å². The average Bonchev–Trinajstić information content (AvgIpc) is 3.96. The fourth-order valence-electron chi connectivity index (χ4n) is 7.23. The maximum Gasteiger partial charge on any atom is 0.407 e. The number of carbonyl (C=O) groups is 5. The lowest BCUT2D eigenvalue weighted by Crippen LogP contribution is -2.53. The number of nitrogens with one attached hydrogen (secondary N) is 3. The van der Waals surface area contributed by atoms with Gasteiger partial charge in [-0.1, -0.05) is 76.2 Å². The summed E-state index contributed by atoms with van der Waals surface area (Å²) >= 11 is 0. The Hall–Kier alpha value is -5.20. The first kappa shape index (κ1) is 39.0. The molecule has 13 heteroatoms. The number of methoxy groups -OCH3 is 2. The molecule has 284 valence electrons. The van der Waals surface area contributed by atoms with Crippen molar-refractivity contribution in [2.45, 2.75) is 90.4 Å². The molecule has 2 fully saturated rings. The van der Waals surface area contributed by atoms with Gasteiger partial charge in [0.1, 0.15) is 17.9 Å². The van der Waals surface area contributed by atoms with Gasteiger partial charge in [-0.25, -0.2) is 14.6 Å². The van der Waals surface area contributed by atoms with E-state index in [0.29, 0.717) is 38.2 Å². The summed E-state index contributed by atoms with van der Waals surface area (Å²) in [5.41, 5.74) is 4.93. The smallest absolute Gasteiger partial charge is 0.407 e. The molecule has 0 saturated carbocycles. The van der Waals surface area contributed by atoms with Crippen LogP contribution in [0, 0.1) is 11.8 Å². The topological polar surface area (TPSA) is 163 Å². The Morgan fingerprint density at radius 2 is 1.26 bits per heavy atom. The normalized spacial score (nSPS) is 18.2. The summed E-state index contributed by atoms with van der Waals surface area (Å²) in [6, 6.07) is 14.2. The van der Waals surface area contributed by atoms with E-state index in [4.69, 9.17) is 9.47 Å². The minimum atomic E-state index is -0.753. The van der Waals surface area contributed by atoms with E-state index in [9.17, 15) is 24.0 Å². The number of benzene rings is 2. The van der Waals surface area contributed by atoms with Crippen LogP contribution in [0.25, 0.3) is 22.4 Å². The van der Waals surface area contributed by atoms with E-state index < -0.39 is 30.3 Å². The summed E-state index contributed by atoms with van der Waals surface area (Å²) in [6.07, 6.45) is 4.37. The quantitative estimate of drug-likeness (QED) is 0.203. The van der Waals surface area contributed by atoms with Gasteiger partial charge in [0.15, 0.2) is 5.78 Å². The van der Waals surface area contributed by atoms with Gasteiger partial charge in [0.25, 0.3) is 0 Å². The first-order chi connectivity index (χ1) is 25.4. The monoisotopic (exact) mass is 728 g/mol. The van der Waals surface area contributed by atoms with Gasteiger partial charge in [0.05, 0.1) is 38.2 Å². The van der Waals surface area contributed by atoms with Crippen LogP contribution in [0.1, 0.15) is 77.2 Å². The number of aromatic nitrogens is 2. The Bertz CT molecular complexity index is 1750. The lowest BCUT2D eigenvalue weighted by Gasteiger charge is -2.30. The molecule has 3 heterocycles. The van der Waals surface area contributed by atoms with E-state index in [1.54, 1.807) is 16.0 Å². The van der Waals surface area contributed by atoms with Crippen LogP contribution in [0.3, 0.4) is 0 Å². The highest BCUT2D eigenvalue weighted by molar-refractivity contribution is 5.93. The van der Waals surface area contributed by atoms with Crippen molar-refractivity contribution in [2.75, 3.05) is 27.3 Å². The number of hydrogen-bond donors (Lipinski definition) is 3. The Morgan fingerprint density at radius 1 is 0.755 bits per heavy atom. The number of alkyl carbamates (subject to hydrolysis) is 2. The summed E-state index contributed by atoms with van der Waals surface area (Å²) in [6.45, 7) is 8.58. The summed E-state index contributed by atoms with van der Waals surface area (Å²) in [4.78, 5) is 75.4. The van der Waals surface area contributed by atoms with Crippen LogP contribution in [-0.4, -0.2) is 95.0 Å². The number of amides is 4. The lowest BCUT2D eigenvalue weighted by atomic mass is 9.98. The number of aryl methyl sites for hydroxylation is 1. The molecule has 0 unspecified atom stereocenters. The van der Waals surface area contributed by atoms with Crippen molar-refractivity contribution in [1.29, 1.82) is 0 Å². The fraction of sp³-hybridized carbons (Fsp3) is 0.500. The third-order valence-corrected chi connectivity index (χ3v) is 10.3. The molecule has 1 aromatic heterocycles. The molecule has 4 atom stereocenters. The van der Waals surface area contributed by atoms with Gasteiger partial charge < -0.3 is 34.9 Å². The summed E-state index contributed by atoms with van der Waals surface area (Å²) in [7, 11) is 2.54. The highest BCUT2D eigenvalue weighted by Crippen LogP contribution is 2.33. The van der Waals surface area contributed by atoms with E-state index >= 15 is 0 Å². The Labute approximate surface area is 311 Å². The fourth-order valence-corrected chi connectivity index (χ4v) is 7.23. The predicted molar refractivity (Wildman–Crippen MR) is 200 cm³/mol. The largest absolute Gasteiger partial charge is 0.453 e. The van der Waals surface area contributed by atoms with Gasteiger partial charge in [-0.3, -0.25) is 14.4 Å². The molecule has 0 aliphatic carbocycles. The zero-order valence-corrected chi connectivity index (χ0v) is 31.5. The van der Waals surface area contributed by atoms with Crippen LogP contribution in [-0.2, 0) is 30.3 Å². The van der Waals surface area contributed by atoms with Crippen LogP contribution in [0.15, 0.2) is 54.7 Å². The number of carbonyl (C=O) groups excluding carboxylic acids is 5. The molecule has 5 rings (SSSR count). The number of aromatic amines is 1. The molecule has 2 aliphatic heterocycles. The Morgan fingerprint density at radius 3 is 1.83 bits per heavy atom. The number of rotatable bonds is 13. The molecular weight excluding hydrogens is 676 g/mol. The Balaban J connectivity index is 1.17. The van der Waals surface area contributed by atoms with Crippen LogP contribution in [0.4, 0.5) is 9.59 Å². The second kappa shape index (κ2) is 17.5. The minimum Gasteiger partial charge on any atom is -0.453 e. The number of ether oxygens (including phenoxy) is 2. The van der Waals surface area contributed by atoms with Gasteiger partial charge >= 0.3 is 12.2 Å². The molecule has 53 heavy (non-hydrogen) atoms. The maximum absolute atomic E-state index is 13.5. The van der Waals surface area contributed by atoms with Crippen molar-refractivity contribution in [3.63, 3.8) is 0 Å². The zero-order chi connectivity index (χ0) is 38.2.